The average molecular weight is 398 g/mol. The molecule has 2 aliphatic rings. The number of morpholine rings is 1. The Kier molecular flexibility index (Phi) is 5.63. The van der Waals surface area contributed by atoms with Gasteiger partial charge in [0.2, 0.25) is 0 Å². The lowest BCUT2D eigenvalue weighted by atomic mass is 10.00. The smallest absolute Gasteiger partial charge is 0.189 e. The maximum Gasteiger partial charge on any atom is 0.189 e. The zero-order valence-electron chi connectivity index (χ0n) is 15.5. The van der Waals surface area contributed by atoms with E-state index in [2.05, 4.69) is 49.7 Å². The molecule has 0 saturated carbocycles. The van der Waals surface area contributed by atoms with Crippen molar-refractivity contribution in [1.29, 1.82) is 0 Å². The predicted molar refractivity (Wildman–Crippen MR) is 112 cm³/mol. The number of aromatic nitrogens is 2. The van der Waals surface area contributed by atoms with E-state index in [1.165, 1.54) is 11.1 Å². The van der Waals surface area contributed by atoms with Crippen LogP contribution in [0.1, 0.15) is 16.8 Å². The van der Waals surface area contributed by atoms with Gasteiger partial charge in [-0.1, -0.05) is 24.3 Å². The highest BCUT2D eigenvalue weighted by Crippen LogP contribution is 2.22. The maximum atomic E-state index is 6.11. The molecule has 0 unspecified atom stereocenters. The summed E-state index contributed by atoms with van der Waals surface area (Å²) in [5.74, 6) is 1.04. The summed E-state index contributed by atoms with van der Waals surface area (Å²) in [6.07, 6.45) is 4.36. The van der Waals surface area contributed by atoms with E-state index < -0.39 is 0 Å². The fourth-order valence-electron chi connectivity index (χ4n) is 3.33. The number of nitrogens with two attached hydrogens (primary N) is 1. The number of ether oxygens (including phenoxy) is 1. The summed E-state index contributed by atoms with van der Waals surface area (Å²) in [7, 11) is 0. The SMILES string of the molecule is N/C(=N/NC(=S)N1CCOCC1)c1cncc(N2CCc3ccccc3C2)n1. The molecule has 8 nitrogen and oxygen atoms in total. The minimum Gasteiger partial charge on any atom is -0.380 e. The van der Waals surface area contributed by atoms with Crippen LogP contribution in [-0.4, -0.2) is 58.7 Å². The molecule has 2 aromatic rings. The van der Waals surface area contributed by atoms with Crippen molar-refractivity contribution >= 4 is 29.0 Å². The second-order valence-corrected chi connectivity index (χ2v) is 7.10. The fraction of sp³-hybridized carbons (Fsp3) is 0.368. The van der Waals surface area contributed by atoms with E-state index in [1.807, 2.05) is 4.90 Å². The first-order chi connectivity index (χ1) is 13.7. The molecule has 9 heteroatoms. The van der Waals surface area contributed by atoms with Gasteiger partial charge in [0.15, 0.2) is 10.9 Å². The van der Waals surface area contributed by atoms with Crippen LogP contribution in [0, 0.1) is 0 Å². The lowest BCUT2D eigenvalue weighted by Gasteiger charge is -2.29. The molecule has 0 atom stereocenters. The number of benzene rings is 1. The highest BCUT2D eigenvalue weighted by atomic mass is 32.1. The Hall–Kier alpha value is -2.78. The molecule has 1 saturated heterocycles. The minimum absolute atomic E-state index is 0.252. The van der Waals surface area contributed by atoms with Crippen LogP contribution in [0.5, 0.6) is 0 Å². The molecule has 4 rings (SSSR count). The largest absolute Gasteiger partial charge is 0.380 e. The standard InChI is InChI=1S/C19H23N7OS/c20-18(23-24-19(28)25-7-9-27-10-8-25)16-11-21-12-17(22-16)26-6-5-14-3-1-2-4-15(14)13-26/h1-4,11-12H,5-10,13H2,(H2,20,23)(H,24,28). The van der Waals surface area contributed by atoms with Gasteiger partial charge in [0.25, 0.3) is 0 Å². The number of nitrogens with one attached hydrogen (secondary N) is 1. The lowest BCUT2D eigenvalue weighted by Crippen LogP contribution is -2.45. The molecule has 0 aliphatic carbocycles. The Labute approximate surface area is 169 Å². The summed E-state index contributed by atoms with van der Waals surface area (Å²) in [5, 5.41) is 4.72. The summed E-state index contributed by atoms with van der Waals surface area (Å²) in [6, 6.07) is 8.49. The van der Waals surface area contributed by atoms with Crippen LogP contribution >= 0.6 is 12.2 Å². The van der Waals surface area contributed by atoms with E-state index in [-0.39, 0.29) is 5.84 Å². The van der Waals surface area contributed by atoms with Crippen molar-refractivity contribution in [3.8, 4) is 0 Å². The molecule has 2 aliphatic heterocycles. The summed E-state index contributed by atoms with van der Waals surface area (Å²) >= 11 is 5.36. The quantitative estimate of drug-likeness (QED) is 0.341. The van der Waals surface area contributed by atoms with E-state index in [1.54, 1.807) is 12.4 Å². The van der Waals surface area contributed by atoms with Crippen molar-refractivity contribution in [2.75, 3.05) is 37.7 Å². The molecule has 1 fully saturated rings. The normalized spacial score (nSPS) is 17.2. The van der Waals surface area contributed by atoms with Crippen LogP contribution in [-0.2, 0) is 17.7 Å². The van der Waals surface area contributed by atoms with Crippen molar-refractivity contribution in [3.05, 3.63) is 53.5 Å². The molecule has 1 aromatic heterocycles. The predicted octanol–water partition coefficient (Wildman–Crippen LogP) is 0.866. The van der Waals surface area contributed by atoms with Crippen molar-refractivity contribution in [2.45, 2.75) is 13.0 Å². The van der Waals surface area contributed by atoms with Gasteiger partial charge in [-0.05, 0) is 29.8 Å². The zero-order chi connectivity index (χ0) is 19.3. The maximum absolute atomic E-state index is 6.11. The van der Waals surface area contributed by atoms with Crippen LogP contribution in [0.25, 0.3) is 0 Å². The van der Waals surface area contributed by atoms with Crippen molar-refractivity contribution in [2.24, 2.45) is 10.8 Å². The van der Waals surface area contributed by atoms with E-state index >= 15 is 0 Å². The first-order valence-corrected chi connectivity index (χ1v) is 9.71. The van der Waals surface area contributed by atoms with Gasteiger partial charge < -0.3 is 20.3 Å². The number of hydrogen-bond donors (Lipinski definition) is 2. The number of fused-ring (bicyclic) bond motifs is 1. The van der Waals surface area contributed by atoms with Gasteiger partial charge in [-0.15, -0.1) is 0 Å². The number of nitrogens with zero attached hydrogens (tertiary/aromatic N) is 5. The molecular formula is C19H23N7OS. The number of thiocarbonyl (C=S) groups is 1. The van der Waals surface area contributed by atoms with Crippen molar-refractivity contribution in [3.63, 3.8) is 0 Å². The second-order valence-electron chi connectivity index (χ2n) is 6.72. The number of anilines is 1. The molecule has 1 aromatic carbocycles. The van der Waals surface area contributed by atoms with Crippen LogP contribution in [0.4, 0.5) is 5.82 Å². The second kappa shape index (κ2) is 8.49. The molecule has 28 heavy (non-hydrogen) atoms. The summed E-state index contributed by atoms with van der Waals surface area (Å²) in [6.45, 7) is 4.51. The van der Waals surface area contributed by atoms with Crippen molar-refractivity contribution < 1.29 is 4.74 Å². The highest BCUT2D eigenvalue weighted by molar-refractivity contribution is 7.80. The van der Waals surface area contributed by atoms with Crippen LogP contribution in [0.2, 0.25) is 0 Å². The topological polar surface area (TPSA) is 91.9 Å². The third-order valence-electron chi connectivity index (χ3n) is 4.91. The highest BCUT2D eigenvalue weighted by Gasteiger charge is 2.18. The molecule has 3 heterocycles. The molecule has 0 radical (unpaired) electrons. The minimum atomic E-state index is 0.252. The zero-order valence-corrected chi connectivity index (χ0v) is 16.4. The number of hydrogen-bond acceptors (Lipinski definition) is 6. The van der Waals surface area contributed by atoms with Crippen LogP contribution < -0.4 is 16.1 Å². The first kappa shape index (κ1) is 18.6. The summed E-state index contributed by atoms with van der Waals surface area (Å²) < 4.78 is 5.33. The van der Waals surface area contributed by atoms with E-state index in [9.17, 15) is 0 Å². The van der Waals surface area contributed by atoms with Gasteiger partial charge >= 0.3 is 0 Å². The third kappa shape index (κ3) is 4.20. The van der Waals surface area contributed by atoms with E-state index in [0.29, 0.717) is 24.0 Å². The Morgan fingerprint density at radius 1 is 1.14 bits per heavy atom. The molecule has 146 valence electrons. The average Bonchev–Trinajstić information content (AvgIpc) is 2.77. The number of rotatable bonds is 3. The van der Waals surface area contributed by atoms with E-state index in [0.717, 1.165) is 38.4 Å². The fourth-order valence-corrected chi connectivity index (χ4v) is 3.55. The molecule has 0 spiro atoms. The Balaban J connectivity index is 1.44. The summed E-state index contributed by atoms with van der Waals surface area (Å²) in [4.78, 5) is 13.2. The van der Waals surface area contributed by atoms with Gasteiger partial charge in [-0.2, -0.15) is 5.10 Å². The third-order valence-corrected chi connectivity index (χ3v) is 5.26. The lowest BCUT2D eigenvalue weighted by molar-refractivity contribution is 0.0677. The molecule has 0 amide bonds. The Morgan fingerprint density at radius 3 is 2.75 bits per heavy atom. The van der Waals surface area contributed by atoms with Gasteiger partial charge in [0.1, 0.15) is 11.5 Å². The number of hydrazone groups is 1. The van der Waals surface area contributed by atoms with Gasteiger partial charge in [-0.3, -0.25) is 10.4 Å². The van der Waals surface area contributed by atoms with Gasteiger partial charge in [0, 0.05) is 26.2 Å². The van der Waals surface area contributed by atoms with Gasteiger partial charge in [-0.25, -0.2) is 4.98 Å². The van der Waals surface area contributed by atoms with E-state index in [4.69, 9.17) is 22.7 Å². The first-order valence-electron chi connectivity index (χ1n) is 9.30. The van der Waals surface area contributed by atoms with Crippen molar-refractivity contribution in [1.82, 2.24) is 20.3 Å². The van der Waals surface area contributed by atoms with Crippen LogP contribution in [0.3, 0.4) is 0 Å². The monoisotopic (exact) mass is 397 g/mol. The molecular weight excluding hydrogens is 374 g/mol. The molecule has 3 N–H and O–H groups in total. The van der Waals surface area contributed by atoms with Gasteiger partial charge in [0.05, 0.1) is 25.6 Å². The summed E-state index contributed by atoms with van der Waals surface area (Å²) in [5.41, 5.74) is 12.2. The molecule has 0 bridgehead atoms. The Bertz CT molecular complexity index is 882. The van der Waals surface area contributed by atoms with Crippen LogP contribution in [0.15, 0.2) is 41.8 Å². The number of amidine groups is 1. The Morgan fingerprint density at radius 2 is 1.93 bits per heavy atom.